The van der Waals surface area contributed by atoms with Crippen LogP contribution in [-0.4, -0.2) is 58.8 Å². The van der Waals surface area contributed by atoms with Gasteiger partial charge in [0.1, 0.15) is 5.69 Å². The van der Waals surface area contributed by atoms with Gasteiger partial charge in [-0.2, -0.15) is 0 Å². The van der Waals surface area contributed by atoms with Crippen molar-refractivity contribution >= 4 is 15.7 Å². The van der Waals surface area contributed by atoms with Crippen molar-refractivity contribution in [1.29, 1.82) is 0 Å². The predicted octanol–water partition coefficient (Wildman–Crippen LogP) is 2.81. The number of nitrogens with one attached hydrogen (secondary N) is 1. The van der Waals surface area contributed by atoms with Gasteiger partial charge >= 0.3 is 0 Å². The molecule has 0 amide bonds. The van der Waals surface area contributed by atoms with Crippen LogP contribution in [-0.2, 0) is 27.6 Å². The maximum Gasteiger partial charge on any atom is 0.262 e. The molecule has 0 atom stereocenters. The maximum absolute atomic E-state index is 13.0. The third-order valence-electron chi connectivity index (χ3n) is 6.18. The summed E-state index contributed by atoms with van der Waals surface area (Å²) in [5.74, 6) is 0.741. The number of aromatic nitrogens is 1. The summed E-state index contributed by atoms with van der Waals surface area (Å²) < 4.78 is 39.4. The topological polar surface area (TPSA) is 80.8 Å². The van der Waals surface area contributed by atoms with Gasteiger partial charge in [-0.15, -0.1) is 0 Å². The molecule has 1 aromatic carbocycles. The van der Waals surface area contributed by atoms with E-state index in [9.17, 15) is 8.42 Å². The molecule has 0 bridgehead atoms. The van der Waals surface area contributed by atoms with E-state index in [1.807, 2.05) is 18.2 Å². The van der Waals surface area contributed by atoms with Crippen molar-refractivity contribution in [3.05, 3.63) is 47.2 Å². The van der Waals surface area contributed by atoms with Crippen LogP contribution in [0.5, 0.6) is 5.88 Å². The molecule has 4 rings (SSSR count). The van der Waals surface area contributed by atoms with Crippen LogP contribution in [0.25, 0.3) is 0 Å². The van der Waals surface area contributed by atoms with Gasteiger partial charge in [0.05, 0.1) is 18.1 Å². The highest BCUT2D eigenvalue weighted by molar-refractivity contribution is 7.92. The molecule has 8 heteroatoms. The van der Waals surface area contributed by atoms with Gasteiger partial charge < -0.3 is 14.4 Å². The van der Waals surface area contributed by atoms with Crippen molar-refractivity contribution in [3.8, 4) is 5.88 Å². The average molecular weight is 432 g/mol. The summed E-state index contributed by atoms with van der Waals surface area (Å²) in [6, 6.07) is 8.98. The molecule has 0 spiro atoms. The van der Waals surface area contributed by atoms with Gasteiger partial charge in [0.2, 0.25) is 5.88 Å². The minimum Gasteiger partial charge on any atom is -0.479 e. The van der Waals surface area contributed by atoms with E-state index < -0.39 is 10.0 Å². The molecule has 162 valence electrons. The number of ether oxygens (including phenoxy) is 2. The lowest BCUT2D eigenvalue weighted by atomic mass is 9.77. The number of sulfonamides is 1. The Morgan fingerprint density at radius 1 is 1.10 bits per heavy atom. The molecular weight excluding hydrogens is 402 g/mol. The summed E-state index contributed by atoms with van der Waals surface area (Å²) in [7, 11) is 1.57. The van der Waals surface area contributed by atoms with E-state index in [0.29, 0.717) is 23.6 Å². The summed E-state index contributed by atoms with van der Waals surface area (Å²) >= 11 is 0. The maximum atomic E-state index is 13.0. The Bertz CT molecular complexity index is 1000. The van der Waals surface area contributed by atoms with Gasteiger partial charge in [0.15, 0.2) is 0 Å². The van der Waals surface area contributed by atoms with Gasteiger partial charge in [-0.25, -0.2) is 13.4 Å². The van der Waals surface area contributed by atoms with E-state index in [2.05, 4.69) is 21.7 Å². The van der Waals surface area contributed by atoms with Crippen LogP contribution in [0.3, 0.4) is 0 Å². The van der Waals surface area contributed by atoms with Crippen molar-refractivity contribution in [3.63, 3.8) is 0 Å². The van der Waals surface area contributed by atoms with E-state index >= 15 is 0 Å². The monoisotopic (exact) mass is 431 g/mol. The molecule has 1 N–H and O–H groups in total. The number of pyridine rings is 1. The van der Waals surface area contributed by atoms with Crippen LogP contribution in [0.2, 0.25) is 0 Å². The van der Waals surface area contributed by atoms with Gasteiger partial charge in [0, 0.05) is 32.3 Å². The van der Waals surface area contributed by atoms with E-state index in [1.54, 1.807) is 19.2 Å². The Morgan fingerprint density at radius 3 is 2.47 bits per heavy atom. The smallest absolute Gasteiger partial charge is 0.262 e. The highest BCUT2D eigenvalue weighted by Crippen LogP contribution is 2.38. The Morgan fingerprint density at radius 2 is 1.80 bits per heavy atom. The first-order valence-electron chi connectivity index (χ1n) is 10.3. The number of nitrogens with zero attached hydrogens (tertiary/aromatic N) is 2. The summed E-state index contributed by atoms with van der Waals surface area (Å²) in [6.45, 7) is 1.84. The molecule has 7 nitrogen and oxygen atoms in total. The number of methoxy groups -OCH3 is 2. The Hall–Kier alpha value is -2.16. The Kier molecular flexibility index (Phi) is 5.99. The van der Waals surface area contributed by atoms with Crippen LogP contribution in [0.15, 0.2) is 35.2 Å². The largest absolute Gasteiger partial charge is 0.479 e. The fourth-order valence-corrected chi connectivity index (χ4v) is 5.16. The number of rotatable bonds is 6. The van der Waals surface area contributed by atoms with Crippen molar-refractivity contribution in [2.24, 2.45) is 0 Å². The van der Waals surface area contributed by atoms with Crippen LogP contribution in [0.1, 0.15) is 35.6 Å². The molecule has 0 radical (unpaired) electrons. The molecule has 1 aromatic heterocycles. The second kappa shape index (κ2) is 8.53. The zero-order valence-electron chi connectivity index (χ0n) is 17.7. The van der Waals surface area contributed by atoms with E-state index in [4.69, 9.17) is 9.47 Å². The second-order valence-corrected chi connectivity index (χ2v) is 9.84. The van der Waals surface area contributed by atoms with Crippen LogP contribution >= 0.6 is 0 Å². The fraction of sp³-hybridized carbons (Fsp3) is 0.500. The van der Waals surface area contributed by atoms with Crippen LogP contribution < -0.4 is 9.46 Å². The number of benzene rings is 1. The second-order valence-electron chi connectivity index (χ2n) is 8.15. The first-order valence-corrected chi connectivity index (χ1v) is 11.8. The van der Waals surface area contributed by atoms with Crippen molar-refractivity contribution in [2.45, 2.75) is 42.6 Å². The van der Waals surface area contributed by atoms with Gasteiger partial charge in [-0.3, -0.25) is 4.72 Å². The minimum absolute atomic E-state index is 0.227. The number of likely N-dealkylation sites (N-methyl/N-ethyl adjacent to an activating group) is 1. The van der Waals surface area contributed by atoms with Gasteiger partial charge in [-0.1, -0.05) is 12.1 Å². The lowest BCUT2D eigenvalue weighted by molar-refractivity contribution is 0.0257. The highest BCUT2D eigenvalue weighted by atomic mass is 32.2. The Balaban J connectivity index is 1.54. The molecule has 0 saturated heterocycles. The summed E-state index contributed by atoms with van der Waals surface area (Å²) in [6.07, 6.45) is 3.92. The van der Waals surface area contributed by atoms with E-state index in [1.165, 1.54) is 7.11 Å². The molecule has 2 aromatic rings. The molecule has 1 fully saturated rings. The molecular formula is C22H29N3O4S. The van der Waals surface area contributed by atoms with Gasteiger partial charge in [0.25, 0.3) is 10.0 Å². The lowest BCUT2D eigenvalue weighted by Gasteiger charge is -2.34. The first kappa shape index (κ1) is 21.1. The summed E-state index contributed by atoms with van der Waals surface area (Å²) in [5, 5.41) is 0. The fourth-order valence-electron chi connectivity index (χ4n) is 4.11. The van der Waals surface area contributed by atoms with Crippen molar-refractivity contribution in [1.82, 2.24) is 9.88 Å². The lowest BCUT2D eigenvalue weighted by Crippen LogP contribution is -2.28. The van der Waals surface area contributed by atoms with Crippen LogP contribution in [0, 0.1) is 0 Å². The van der Waals surface area contributed by atoms with E-state index in [-0.39, 0.29) is 4.90 Å². The molecule has 2 aliphatic rings. The number of hydrogen-bond acceptors (Lipinski definition) is 6. The number of hydrogen-bond donors (Lipinski definition) is 1. The highest BCUT2D eigenvalue weighted by Gasteiger charge is 2.30. The Labute approximate surface area is 178 Å². The van der Waals surface area contributed by atoms with E-state index in [0.717, 1.165) is 55.6 Å². The molecule has 1 aliphatic carbocycles. The molecule has 2 heterocycles. The normalized spacial score (nSPS) is 22.0. The molecule has 1 saturated carbocycles. The van der Waals surface area contributed by atoms with Crippen molar-refractivity contribution in [2.75, 3.05) is 39.1 Å². The predicted molar refractivity (Wildman–Crippen MR) is 116 cm³/mol. The average Bonchev–Trinajstić information content (AvgIpc) is 2.88. The molecule has 0 unspecified atom stereocenters. The molecule has 1 aliphatic heterocycles. The zero-order valence-corrected chi connectivity index (χ0v) is 18.5. The number of fused-ring (bicyclic) bond motifs is 1. The van der Waals surface area contributed by atoms with Crippen molar-refractivity contribution < 1.29 is 17.9 Å². The summed E-state index contributed by atoms with van der Waals surface area (Å²) in [5.41, 5.74) is 3.56. The van der Waals surface area contributed by atoms with Gasteiger partial charge in [-0.05, 0) is 61.6 Å². The number of anilines is 1. The minimum atomic E-state index is -3.74. The quantitative estimate of drug-likeness (QED) is 0.758. The molecule has 30 heavy (non-hydrogen) atoms. The zero-order chi connectivity index (χ0) is 21.3. The summed E-state index contributed by atoms with van der Waals surface area (Å²) in [4.78, 5) is 7.06. The first-order chi connectivity index (χ1) is 14.4. The third-order valence-corrected chi connectivity index (χ3v) is 7.56. The standard InChI is InChI=1S/C22H29N3O4S/c1-25-10-8-16-14-21(22(29-3)23-20(16)9-11-25)24-30(26,27)19-6-4-15(5-7-19)17-12-18(13-17)28-2/h4-7,14,17-18,24H,8-13H2,1-3H3/t17-,18+. The third kappa shape index (κ3) is 4.31. The van der Waals surface area contributed by atoms with Crippen LogP contribution in [0.4, 0.5) is 5.69 Å². The SMILES string of the molecule is COc1nc2c(cc1NS(=O)(=O)c1ccc([C@H]3C[C@@H](OC)C3)cc1)CCN(C)CC2.